The van der Waals surface area contributed by atoms with Gasteiger partial charge in [0.25, 0.3) is 5.91 Å². The molecule has 27 heavy (non-hydrogen) atoms. The Bertz CT molecular complexity index is 778. The summed E-state index contributed by atoms with van der Waals surface area (Å²) < 4.78 is 10.8. The number of carbonyl (C=O) groups is 2. The standard InChI is InChI=1S/C21H24ClNO4/c1-3-26-19-11-7-5-8-16(19)12-13-20(24)27-15(2)21(25)23-14-17-9-4-6-10-18(17)22/h4-11,15H,3,12-14H2,1-2H3,(H,23,25)/t15-/m0/s1. The summed E-state index contributed by atoms with van der Waals surface area (Å²) >= 11 is 6.06. The molecule has 6 heteroatoms. The van der Waals surface area contributed by atoms with Crippen LogP contribution in [0.1, 0.15) is 31.4 Å². The molecule has 0 spiro atoms. The van der Waals surface area contributed by atoms with Crippen molar-refractivity contribution in [2.24, 2.45) is 0 Å². The summed E-state index contributed by atoms with van der Waals surface area (Å²) in [6.07, 6.45) is -0.211. The molecule has 0 aliphatic heterocycles. The van der Waals surface area contributed by atoms with Crippen molar-refractivity contribution < 1.29 is 19.1 Å². The van der Waals surface area contributed by atoms with Gasteiger partial charge in [-0.15, -0.1) is 0 Å². The minimum atomic E-state index is -0.873. The Hall–Kier alpha value is -2.53. The Morgan fingerprint density at radius 1 is 1.07 bits per heavy atom. The number of ether oxygens (including phenoxy) is 2. The molecule has 0 aliphatic rings. The van der Waals surface area contributed by atoms with Crippen LogP contribution in [0, 0.1) is 0 Å². The summed E-state index contributed by atoms with van der Waals surface area (Å²) in [6.45, 7) is 4.30. The third kappa shape index (κ3) is 6.61. The Morgan fingerprint density at radius 3 is 2.44 bits per heavy atom. The molecule has 144 valence electrons. The van der Waals surface area contributed by atoms with Crippen molar-refractivity contribution in [3.8, 4) is 5.75 Å². The normalized spacial score (nSPS) is 11.5. The summed E-state index contributed by atoms with van der Waals surface area (Å²) in [6, 6.07) is 14.8. The molecular weight excluding hydrogens is 366 g/mol. The quantitative estimate of drug-likeness (QED) is 0.660. The lowest BCUT2D eigenvalue weighted by Gasteiger charge is -2.14. The number of aryl methyl sites for hydroxylation is 1. The predicted molar refractivity (Wildman–Crippen MR) is 105 cm³/mol. The first-order chi connectivity index (χ1) is 13.0. The first kappa shape index (κ1) is 20.8. The van der Waals surface area contributed by atoms with E-state index in [1.165, 1.54) is 0 Å². The molecule has 2 rings (SSSR count). The zero-order chi connectivity index (χ0) is 19.6. The van der Waals surface area contributed by atoms with Crippen molar-refractivity contribution in [1.82, 2.24) is 5.32 Å². The zero-order valence-corrected chi connectivity index (χ0v) is 16.3. The van der Waals surface area contributed by atoms with Gasteiger partial charge in [0, 0.05) is 18.0 Å². The van der Waals surface area contributed by atoms with Crippen LogP contribution < -0.4 is 10.1 Å². The average Bonchev–Trinajstić information content (AvgIpc) is 2.66. The molecule has 5 nitrogen and oxygen atoms in total. The number of hydrogen-bond acceptors (Lipinski definition) is 4. The molecule has 2 aromatic rings. The van der Waals surface area contributed by atoms with Crippen LogP contribution >= 0.6 is 11.6 Å². The second kappa shape index (κ2) is 10.6. The van der Waals surface area contributed by atoms with Crippen LogP contribution in [0.5, 0.6) is 5.75 Å². The molecule has 1 amide bonds. The molecule has 0 fully saturated rings. The third-order valence-electron chi connectivity index (χ3n) is 3.96. The van der Waals surface area contributed by atoms with E-state index in [1.54, 1.807) is 13.0 Å². The van der Waals surface area contributed by atoms with Crippen LogP contribution in [0.3, 0.4) is 0 Å². The van der Waals surface area contributed by atoms with Crippen molar-refractivity contribution >= 4 is 23.5 Å². The highest BCUT2D eigenvalue weighted by molar-refractivity contribution is 6.31. The van der Waals surface area contributed by atoms with Crippen LogP contribution in [0.15, 0.2) is 48.5 Å². The highest BCUT2D eigenvalue weighted by Gasteiger charge is 2.18. The van der Waals surface area contributed by atoms with E-state index in [0.29, 0.717) is 18.1 Å². The molecule has 2 aromatic carbocycles. The SMILES string of the molecule is CCOc1ccccc1CCC(=O)O[C@@H](C)C(=O)NCc1ccccc1Cl. The van der Waals surface area contributed by atoms with Gasteiger partial charge in [0.05, 0.1) is 6.61 Å². The van der Waals surface area contributed by atoms with Gasteiger partial charge in [-0.2, -0.15) is 0 Å². The van der Waals surface area contributed by atoms with E-state index in [0.717, 1.165) is 16.9 Å². The minimum Gasteiger partial charge on any atom is -0.494 e. The molecule has 0 unspecified atom stereocenters. The highest BCUT2D eigenvalue weighted by atomic mass is 35.5. The zero-order valence-electron chi connectivity index (χ0n) is 15.5. The molecule has 0 saturated heterocycles. The molecular formula is C21H24ClNO4. The summed E-state index contributed by atoms with van der Waals surface area (Å²) in [5.74, 6) is -0.0296. The Kier molecular flexibility index (Phi) is 8.14. The lowest BCUT2D eigenvalue weighted by Crippen LogP contribution is -2.35. The van der Waals surface area contributed by atoms with Gasteiger partial charge in [-0.1, -0.05) is 48.0 Å². The van der Waals surface area contributed by atoms with Gasteiger partial charge in [0.15, 0.2) is 6.10 Å². The van der Waals surface area contributed by atoms with E-state index in [4.69, 9.17) is 21.1 Å². The maximum absolute atomic E-state index is 12.1. The van der Waals surface area contributed by atoms with Crippen molar-refractivity contribution in [3.05, 3.63) is 64.7 Å². The summed E-state index contributed by atoms with van der Waals surface area (Å²) in [7, 11) is 0. The number of nitrogens with one attached hydrogen (secondary N) is 1. The Morgan fingerprint density at radius 2 is 1.74 bits per heavy atom. The maximum Gasteiger partial charge on any atom is 0.306 e. The van der Waals surface area contributed by atoms with E-state index < -0.39 is 12.1 Å². The second-order valence-electron chi connectivity index (χ2n) is 5.98. The van der Waals surface area contributed by atoms with Crippen molar-refractivity contribution in [1.29, 1.82) is 0 Å². The van der Waals surface area contributed by atoms with Gasteiger partial charge >= 0.3 is 5.97 Å². The number of rotatable bonds is 9. The molecule has 1 N–H and O–H groups in total. The van der Waals surface area contributed by atoms with Crippen molar-refractivity contribution in [2.45, 2.75) is 39.3 Å². The first-order valence-electron chi connectivity index (χ1n) is 8.92. The fraction of sp³-hybridized carbons (Fsp3) is 0.333. The van der Waals surface area contributed by atoms with Crippen molar-refractivity contribution in [2.75, 3.05) is 6.61 Å². The van der Waals surface area contributed by atoms with Crippen LogP contribution in [-0.2, 0) is 27.3 Å². The maximum atomic E-state index is 12.1. The smallest absolute Gasteiger partial charge is 0.306 e. The van der Waals surface area contributed by atoms with E-state index in [-0.39, 0.29) is 18.9 Å². The molecule has 0 aromatic heterocycles. The summed E-state index contributed by atoms with van der Waals surface area (Å²) in [4.78, 5) is 24.2. The number of benzene rings is 2. The highest BCUT2D eigenvalue weighted by Crippen LogP contribution is 2.20. The number of carbonyl (C=O) groups excluding carboxylic acids is 2. The number of esters is 1. The Balaban J connectivity index is 1.79. The number of halogens is 1. The fourth-order valence-corrected chi connectivity index (χ4v) is 2.72. The van der Waals surface area contributed by atoms with Crippen LogP contribution in [-0.4, -0.2) is 24.6 Å². The second-order valence-corrected chi connectivity index (χ2v) is 6.39. The van der Waals surface area contributed by atoms with Gasteiger partial charge in [-0.3, -0.25) is 9.59 Å². The largest absolute Gasteiger partial charge is 0.494 e. The van der Waals surface area contributed by atoms with Crippen LogP contribution in [0.4, 0.5) is 0 Å². The first-order valence-corrected chi connectivity index (χ1v) is 9.30. The topological polar surface area (TPSA) is 64.6 Å². The molecule has 1 atom stereocenters. The van der Waals surface area contributed by atoms with Gasteiger partial charge in [-0.05, 0) is 43.5 Å². The number of hydrogen-bond donors (Lipinski definition) is 1. The van der Waals surface area contributed by atoms with E-state index in [2.05, 4.69) is 5.32 Å². The van der Waals surface area contributed by atoms with Crippen LogP contribution in [0.25, 0.3) is 0 Å². The lowest BCUT2D eigenvalue weighted by molar-refractivity contribution is -0.154. The molecule has 0 radical (unpaired) electrons. The molecule has 0 heterocycles. The summed E-state index contributed by atoms with van der Waals surface area (Å²) in [5, 5.41) is 3.30. The molecule has 0 saturated carbocycles. The van der Waals surface area contributed by atoms with Crippen LogP contribution in [0.2, 0.25) is 5.02 Å². The van der Waals surface area contributed by atoms with Crippen molar-refractivity contribution in [3.63, 3.8) is 0 Å². The fourth-order valence-electron chi connectivity index (χ4n) is 2.52. The number of para-hydroxylation sites is 1. The Labute approximate surface area is 164 Å². The molecule has 0 bridgehead atoms. The van der Waals surface area contributed by atoms with Gasteiger partial charge in [0.2, 0.25) is 0 Å². The third-order valence-corrected chi connectivity index (χ3v) is 4.33. The summed E-state index contributed by atoms with van der Waals surface area (Å²) in [5.41, 5.74) is 1.74. The average molecular weight is 390 g/mol. The van der Waals surface area contributed by atoms with E-state index in [1.807, 2.05) is 49.4 Å². The monoisotopic (exact) mass is 389 g/mol. The van der Waals surface area contributed by atoms with E-state index >= 15 is 0 Å². The predicted octanol–water partition coefficient (Wildman–Crippen LogP) is 3.92. The van der Waals surface area contributed by atoms with E-state index in [9.17, 15) is 9.59 Å². The van der Waals surface area contributed by atoms with Gasteiger partial charge in [0.1, 0.15) is 5.75 Å². The van der Waals surface area contributed by atoms with Gasteiger partial charge < -0.3 is 14.8 Å². The lowest BCUT2D eigenvalue weighted by atomic mass is 10.1. The molecule has 0 aliphatic carbocycles. The minimum absolute atomic E-state index is 0.173. The van der Waals surface area contributed by atoms with Gasteiger partial charge in [-0.25, -0.2) is 0 Å². The number of amides is 1.